The number of nitrogens with one attached hydrogen (secondary N) is 1. The lowest BCUT2D eigenvalue weighted by atomic mass is 9.72. The highest BCUT2D eigenvalue weighted by Gasteiger charge is 2.48. The second-order valence-corrected chi connectivity index (χ2v) is 12.0. The number of halogens is 1. The molecule has 0 aliphatic carbocycles. The molecule has 0 bridgehead atoms. The highest BCUT2D eigenvalue weighted by molar-refractivity contribution is 6.36. The first-order valence-electron chi connectivity index (χ1n) is 14.2. The number of amides is 1. The van der Waals surface area contributed by atoms with Gasteiger partial charge in [0.25, 0.3) is 0 Å². The first-order chi connectivity index (χ1) is 19.0. The van der Waals surface area contributed by atoms with Gasteiger partial charge in [0.15, 0.2) is 0 Å². The maximum atomic E-state index is 12.3. The molecule has 1 spiro atoms. The number of nitrogens with zero attached hydrogens (tertiary/aromatic N) is 5. The van der Waals surface area contributed by atoms with Gasteiger partial charge in [-0.1, -0.05) is 35.9 Å². The van der Waals surface area contributed by atoms with Crippen molar-refractivity contribution in [1.29, 1.82) is 0 Å². The Morgan fingerprint density at radius 1 is 1.08 bits per heavy atom. The van der Waals surface area contributed by atoms with E-state index in [2.05, 4.69) is 51.3 Å². The van der Waals surface area contributed by atoms with Crippen molar-refractivity contribution in [1.82, 2.24) is 20.2 Å². The predicted molar refractivity (Wildman–Crippen MR) is 154 cm³/mol. The number of hydrogen-bond acceptors (Lipinski definition) is 7. The van der Waals surface area contributed by atoms with Crippen molar-refractivity contribution in [2.75, 3.05) is 56.2 Å². The fourth-order valence-electron chi connectivity index (χ4n) is 6.78. The molecule has 1 amide bonds. The summed E-state index contributed by atoms with van der Waals surface area (Å²) in [6.07, 6.45) is 4.91. The zero-order chi connectivity index (χ0) is 26.6. The summed E-state index contributed by atoms with van der Waals surface area (Å²) in [4.78, 5) is 29.4. The molecule has 0 radical (unpaired) electrons. The maximum Gasteiger partial charge on any atom is 0.318 e. The van der Waals surface area contributed by atoms with Gasteiger partial charge in [0.2, 0.25) is 5.91 Å². The van der Waals surface area contributed by atoms with Gasteiger partial charge in [-0.25, -0.2) is 0 Å². The van der Waals surface area contributed by atoms with Crippen LogP contribution in [0.3, 0.4) is 0 Å². The summed E-state index contributed by atoms with van der Waals surface area (Å²) in [5, 5.41) is 5.94. The van der Waals surface area contributed by atoms with Crippen LogP contribution in [0.5, 0.6) is 6.01 Å². The lowest BCUT2D eigenvalue weighted by Crippen LogP contribution is -2.62. The van der Waals surface area contributed by atoms with E-state index in [0.717, 1.165) is 91.4 Å². The highest BCUT2D eigenvalue weighted by Crippen LogP contribution is 2.40. The molecule has 0 unspecified atom stereocenters. The third kappa shape index (κ3) is 4.38. The molecule has 4 aliphatic heterocycles. The molecular weight excluding hydrogens is 512 g/mol. The lowest BCUT2D eigenvalue weighted by molar-refractivity contribution is -0.141. The topological polar surface area (TPSA) is 73.8 Å². The average Bonchev–Trinajstić information content (AvgIpc) is 3.38. The smallest absolute Gasteiger partial charge is 0.318 e. The quantitative estimate of drug-likeness (QED) is 0.484. The number of aromatic nitrogens is 2. The SMILES string of the molecule is CN1CCC[C@@H]1COc1nc2c(c(N3CCC4(CC3)CNC4=O)n1)CCN(c1cccc3cccc(Cl)c13)C2. The van der Waals surface area contributed by atoms with Crippen molar-refractivity contribution in [2.45, 2.75) is 44.7 Å². The van der Waals surface area contributed by atoms with E-state index in [1.54, 1.807) is 0 Å². The van der Waals surface area contributed by atoms with Crippen LogP contribution in [0.2, 0.25) is 5.02 Å². The molecule has 8 nitrogen and oxygen atoms in total. The van der Waals surface area contributed by atoms with E-state index in [0.29, 0.717) is 25.2 Å². The monoisotopic (exact) mass is 546 g/mol. The van der Waals surface area contributed by atoms with Crippen LogP contribution in [-0.2, 0) is 17.8 Å². The Hall–Kier alpha value is -3.10. The molecule has 39 heavy (non-hydrogen) atoms. The van der Waals surface area contributed by atoms with Gasteiger partial charge in [0.05, 0.1) is 22.7 Å². The van der Waals surface area contributed by atoms with Crippen LogP contribution in [-0.4, -0.2) is 73.2 Å². The van der Waals surface area contributed by atoms with E-state index >= 15 is 0 Å². The van der Waals surface area contributed by atoms with Crippen LogP contribution in [0.4, 0.5) is 11.5 Å². The molecule has 3 aromatic rings. The van der Waals surface area contributed by atoms with Crippen LogP contribution in [0.1, 0.15) is 36.9 Å². The van der Waals surface area contributed by atoms with Crippen molar-refractivity contribution in [3.05, 3.63) is 52.7 Å². The molecule has 2 aromatic carbocycles. The average molecular weight is 547 g/mol. The summed E-state index contributed by atoms with van der Waals surface area (Å²) in [6, 6.07) is 13.3. The molecule has 204 valence electrons. The minimum atomic E-state index is -0.180. The van der Waals surface area contributed by atoms with E-state index in [1.807, 2.05) is 12.1 Å². The third-order valence-corrected chi connectivity index (χ3v) is 9.68. The van der Waals surface area contributed by atoms with Crippen LogP contribution in [0.15, 0.2) is 36.4 Å². The van der Waals surface area contributed by atoms with Crippen LogP contribution in [0.25, 0.3) is 10.8 Å². The summed E-state index contributed by atoms with van der Waals surface area (Å²) >= 11 is 6.69. The van der Waals surface area contributed by atoms with Crippen molar-refractivity contribution in [2.24, 2.45) is 5.41 Å². The Bertz CT molecular complexity index is 1420. The van der Waals surface area contributed by atoms with Crippen LogP contribution < -0.4 is 19.9 Å². The standard InChI is InChI=1S/C30H35ClN6O2/c1-35-13-4-7-21(35)18-39-29-33-24-17-37(25-9-3-6-20-5-2-8-23(31)26(20)25)14-10-22(24)27(34-29)36-15-11-30(12-16-36)19-32-28(30)38/h2-3,5-6,8-9,21H,4,7,10-19H2,1H3,(H,32,38)/t21-/m1/s1. The molecule has 3 fully saturated rings. The second-order valence-electron chi connectivity index (χ2n) is 11.6. The van der Waals surface area contributed by atoms with Crippen molar-refractivity contribution in [3.8, 4) is 6.01 Å². The number of likely N-dealkylation sites (N-methyl/N-ethyl adjacent to an activating group) is 1. The number of β-lactam (4-membered cyclic amide) rings is 1. The summed E-state index contributed by atoms with van der Waals surface area (Å²) in [5.41, 5.74) is 3.18. The first kappa shape index (κ1) is 24.9. The fraction of sp³-hybridized carbons (Fsp3) is 0.500. The molecule has 1 aromatic heterocycles. The van der Waals surface area contributed by atoms with Gasteiger partial charge in [0, 0.05) is 48.9 Å². The number of benzene rings is 2. The summed E-state index contributed by atoms with van der Waals surface area (Å²) in [7, 11) is 2.16. The lowest BCUT2D eigenvalue weighted by Gasteiger charge is -2.47. The van der Waals surface area contributed by atoms with Crippen LogP contribution >= 0.6 is 11.6 Å². The minimum absolute atomic E-state index is 0.180. The van der Waals surface area contributed by atoms with Gasteiger partial charge >= 0.3 is 6.01 Å². The summed E-state index contributed by atoms with van der Waals surface area (Å²) in [5.74, 6) is 1.20. The molecule has 4 aliphatic rings. The normalized spacial score (nSPS) is 22.6. The van der Waals surface area contributed by atoms with Crippen molar-refractivity contribution >= 4 is 39.8 Å². The van der Waals surface area contributed by atoms with Gasteiger partial charge in [-0.2, -0.15) is 9.97 Å². The number of carbonyl (C=O) groups excluding carboxylic acids is 1. The number of carbonyl (C=O) groups is 1. The van der Waals surface area contributed by atoms with Crippen molar-refractivity contribution < 1.29 is 9.53 Å². The number of rotatable bonds is 5. The molecule has 1 N–H and O–H groups in total. The van der Waals surface area contributed by atoms with E-state index in [9.17, 15) is 4.79 Å². The zero-order valence-corrected chi connectivity index (χ0v) is 23.2. The minimum Gasteiger partial charge on any atom is -0.462 e. The molecule has 7 rings (SSSR count). The third-order valence-electron chi connectivity index (χ3n) is 9.36. The number of piperidine rings is 1. The largest absolute Gasteiger partial charge is 0.462 e. The summed E-state index contributed by atoms with van der Waals surface area (Å²) in [6.45, 7) is 5.69. The van der Waals surface area contributed by atoms with Crippen LogP contribution in [0, 0.1) is 5.41 Å². The Kier molecular flexibility index (Phi) is 6.27. The highest BCUT2D eigenvalue weighted by atomic mass is 35.5. The van der Waals surface area contributed by atoms with Gasteiger partial charge in [-0.05, 0) is 63.2 Å². The number of anilines is 2. The number of hydrogen-bond donors (Lipinski definition) is 1. The Balaban J connectivity index is 1.20. The molecule has 5 heterocycles. The van der Waals surface area contributed by atoms with E-state index in [4.69, 9.17) is 26.3 Å². The van der Waals surface area contributed by atoms with E-state index < -0.39 is 0 Å². The van der Waals surface area contributed by atoms with E-state index in [1.165, 1.54) is 12.0 Å². The Morgan fingerprint density at radius 2 is 1.90 bits per heavy atom. The fourth-order valence-corrected chi connectivity index (χ4v) is 7.06. The Morgan fingerprint density at radius 3 is 2.62 bits per heavy atom. The van der Waals surface area contributed by atoms with E-state index in [-0.39, 0.29) is 11.3 Å². The number of fused-ring (bicyclic) bond motifs is 2. The maximum absolute atomic E-state index is 12.3. The second kappa shape index (κ2) is 9.82. The molecule has 0 saturated carbocycles. The first-order valence-corrected chi connectivity index (χ1v) is 14.6. The number of ether oxygens (including phenoxy) is 1. The van der Waals surface area contributed by atoms with Gasteiger partial charge < -0.3 is 24.8 Å². The van der Waals surface area contributed by atoms with Crippen molar-refractivity contribution in [3.63, 3.8) is 0 Å². The Labute approximate surface area is 234 Å². The molecule has 1 atom stereocenters. The molecule has 3 saturated heterocycles. The van der Waals surface area contributed by atoms with Gasteiger partial charge in [-0.15, -0.1) is 0 Å². The predicted octanol–water partition coefficient (Wildman–Crippen LogP) is 4.04. The van der Waals surface area contributed by atoms with Gasteiger partial charge in [-0.3, -0.25) is 4.79 Å². The zero-order valence-electron chi connectivity index (χ0n) is 22.5. The molecule has 9 heteroatoms. The molecular formula is C30H35ClN6O2. The van der Waals surface area contributed by atoms with Gasteiger partial charge in [0.1, 0.15) is 12.4 Å². The number of likely N-dealkylation sites (tertiary alicyclic amines) is 1. The summed E-state index contributed by atoms with van der Waals surface area (Å²) < 4.78 is 6.28.